The molecule has 4 N–H and O–H groups in total. The highest BCUT2D eigenvalue weighted by molar-refractivity contribution is 7.89. The number of primary sulfonamides is 1. The molecule has 0 bridgehead atoms. The SMILES string of the molecule is CC(C)(C)[C@H](NC(=O)OCc1ccccc1)C(=O)NCCc1ccc(S(N)(=O)=O)cc1. The van der Waals surface area contributed by atoms with E-state index >= 15 is 0 Å². The second-order valence-corrected chi connectivity index (χ2v) is 9.80. The number of amides is 2. The Morgan fingerprint density at radius 3 is 2.16 bits per heavy atom. The Morgan fingerprint density at radius 1 is 1.00 bits per heavy atom. The zero-order chi connectivity index (χ0) is 23.1. The van der Waals surface area contributed by atoms with Crippen molar-refractivity contribution >= 4 is 22.0 Å². The maximum atomic E-state index is 12.7. The Balaban J connectivity index is 1.88. The molecule has 168 valence electrons. The first-order valence-corrected chi connectivity index (χ1v) is 11.4. The van der Waals surface area contributed by atoms with Gasteiger partial charge in [0.1, 0.15) is 12.6 Å². The number of benzene rings is 2. The summed E-state index contributed by atoms with van der Waals surface area (Å²) in [4.78, 5) is 24.9. The average molecular weight is 448 g/mol. The molecule has 0 saturated heterocycles. The van der Waals surface area contributed by atoms with Gasteiger partial charge in [-0.3, -0.25) is 4.79 Å². The Bertz CT molecular complexity index is 984. The van der Waals surface area contributed by atoms with Crippen LogP contribution in [0.5, 0.6) is 0 Å². The molecule has 1 atom stereocenters. The molecule has 2 aromatic rings. The normalized spacial score (nSPS) is 12.6. The number of ether oxygens (including phenoxy) is 1. The number of hydrogen-bond acceptors (Lipinski definition) is 5. The van der Waals surface area contributed by atoms with Crippen LogP contribution in [0, 0.1) is 5.41 Å². The molecule has 31 heavy (non-hydrogen) atoms. The van der Waals surface area contributed by atoms with Crippen molar-refractivity contribution in [1.29, 1.82) is 0 Å². The van der Waals surface area contributed by atoms with Crippen LogP contribution in [0.3, 0.4) is 0 Å². The molecule has 0 aliphatic heterocycles. The molecular formula is C22H29N3O5S. The summed E-state index contributed by atoms with van der Waals surface area (Å²) in [7, 11) is -3.74. The van der Waals surface area contributed by atoms with Gasteiger partial charge in [-0.2, -0.15) is 0 Å². The monoisotopic (exact) mass is 447 g/mol. The van der Waals surface area contributed by atoms with Gasteiger partial charge in [0.15, 0.2) is 0 Å². The first-order valence-electron chi connectivity index (χ1n) is 9.83. The van der Waals surface area contributed by atoms with Gasteiger partial charge in [-0.15, -0.1) is 0 Å². The molecule has 0 unspecified atom stereocenters. The Hall–Kier alpha value is -2.91. The van der Waals surface area contributed by atoms with Crippen molar-refractivity contribution < 1.29 is 22.7 Å². The quantitative estimate of drug-likeness (QED) is 0.572. The molecule has 0 saturated carbocycles. The van der Waals surface area contributed by atoms with Crippen molar-refractivity contribution in [2.45, 2.75) is 44.7 Å². The second-order valence-electron chi connectivity index (χ2n) is 8.24. The van der Waals surface area contributed by atoms with Crippen LogP contribution in [0.2, 0.25) is 0 Å². The number of carbonyl (C=O) groups excluding carboxylic acids is 2. The molecule has 0 aliphatic carbocycles. The van der Waals surface area contributed by atoms with E-state index in [9.17, 15) is 18.0 Å². The third-order valence-corrected chi connectivity index (χ3v) is 5.50. The largest absolute Gasteiger partial charge is 0.445 e. The predicted molar refractivity (Wildman–Crippen MR) is 118 cm³/mol. The highest BCUT2D eigenvalue weighted by atomic mass is 32.2. The van der Waals surface area contributed by atoms with Crippen molar-refractivity contribution in [2.75, 3.05) is 6.54 Å². The van der Waals surface area contributed by atoms with E-state index in [1.807, 2.05) is 51.1 Å². The van der Waals surface area contributed by atoms with Crippen molar-refractivity contribution in [3.8, 4) is 0 Å². The van der Waals surface area contributed by atoms with Crippen molar-refractivity contribution in [2.24, 2.45) is 10.6 Å². The molecule has 0 radical (unpaired) electrons. The lowest BCUT2D eigenvalue weighted by Gasteiger charge is -2.30. The van der Waals surface area contributed by atoms with E-state index in [-0.39, 0.29) is 17.4 Å². The van der Waals surface area contributed by atoms with Gasteiger partial charge in [0.25, 0.3) is 0 Å². The van der Waals surface area contributed by atoms with Crippen LogP contribution in [0.1, 0.15) is 31.9 Å². The van der Waals surface area contributed by atoms with Gasteiger partial charge in [0, 0.05) is 6.54 Å². The summed E-state index contributed by atoms with van der Waals surface area (Å²) >= 11 is 0. The molecule has 2 aromatic carbocycles. The fraction of sp³-hybridized carbons (Fsp3) is 0.364. The van der Waals surface area contributed by atoms with E-state index in [4.69, 9.17) is 9.88 Å². The van der Waals surface area contributed by atoms with Crippen LogP contribution in [0.25, 0.3) is 0 Å². The number of sulfonamides is 1. The minimum atomic E-state index is -3.74. The molecule has 0 aliphatic rings. The molecule has 2 amide bonds. The van der Waals surface area contributed by atoms with Crippen molar-refractivity contribution in [1.82, 2.24) is 10.6 Å². The van der Waals surface area contributed by atoms with Crippen LogP contribution < -0.4 is 15.8 Å². The molecular weight excluding hydrogens is 418 g/mol. The molecule has 0 spiro atoms. The number of hydrogen-bond donors (Lipinski definition) is 3. The lowest BCUT2D eigenvalue weighted by atomic mass is 9.86. The van der Waals surface area contributed by atoms with Gasteiger partial charge < -0.3 is 15.4 Å². The summed E-state index contributed by atoms with van der Waals surface area (Å²) in [6.45, 7) is 5.97. The van der Waals surface area contributed by atoms with Crippen molar-refractivity contribution in [3.05, 3.63) is 65.7 Å². The molecule has 0 heterocycles. The smallest absolute Gasteiger partial charge is 0.408 e. The van der Waals surface area contributed by atoms with E-state index < -0.39 is 27.6 Å². The molecule has 8 nitrogen and oxygen atoms in total. The highest BCUT2D eigenvalue weighted by Gasteiger charge is 2.33. The fourth-order valence-electron chi connectivity index (χ4n) is 2.84. The number of carbonyl (C=O) groups is 2. The Kier molecular flexibility index (Phi) is 8.18. The van der Waals surface area contributed by atoms with Crippen LogP contribution in [0.15, 0.2) is 59.5 Å². The summed E-state index contributed by atoms with van der Waals surface area (Å²) in [5, 5.41) is 10.5. The van der Waals surface area contributed by atoms with Crippen LogP contribution in [-0.2, 0) is 32.6 Å². The second kappa shape index (κ2) is 10.4. The highest BCUT2D eigenvalue weighted by Crippen LogP contribution is 2.20. The first-order chi connectivity index (χ1) is 14.5. The van der Waals surface area contributed by atoms with Crippen LogP contribution in [0.4, 0.5) is 4.79 Å². The Labute approximate surface area is 183 Å². The minimum Gasteiger partial charge on any atom is -0.445 e. The van der Waals surface area contributed by atoms with Crippen LogP contribution >= 0.6 is 0 Å². The van der Waals surface area contributed by atoms with Gasteiger partial charge in [0.05, 0.1) is 4.90 Å². The number of rotatable bonds is 8. The maximum Gasteiger partial charge on any atom is 0.408 e. The van der Waals surface area contributed by atoms with Gasteiger partial charge >= 0.3 is 6.09 Å². The summed E-state index contributed by atoms with van der Waals surface area (Å²) < 4.78 is 27.8. The van der Waals surface area contributed by atoms with Gasteiger partial charge in [0.2, 0.25) is 15.9 Å². The molecule has 0 fully saturated rings. The zero-order valence-corrected chi connectivity index (χ0v) is 18.7. The van der Waals surface area contributed by atoms with Gasteiger partial charge in [-0.25, -0.2) is 18.4 Å². The zero-order valence-electron chi connectivity index (χ0n) is 17.9. The summed E-state index contributed by atoms with van der Waals surface area (Å²) in [5.41, 5.74) is 1.16. The third kappa shape index (κ3) is 8.03. The molecule has 0 aromatic heterocycles. The van der Waals surface area contributed by atoms with E-state index in [0.717, 1.165) is 11.1 Å². The van der Waals surface area contributed by atoms with E-state index in [1.165, 1.54) is 12.1 Å². The average Bonchev–Trinajstić information content (AvgIpc) is 2.70. The number of nitrogens with two attached hydrogens (primary N) is 1. The molecule has 9 heteroatoms. The first kappa shape index (κ1) is 24.4. The van der Waals surface area contributed by atoms with E-state index in [2.05, 4.69) is 10.6 Å². The van der Waals surface area contributed by atoms with Crippen LogP contribution in [-0.4, -0.2) is 33.0 Å². The van der Waals surface area contributed by atoms with E-state index in [0.29, 0.717) is 13.0 Å². The van der Waals surface area contributed by atoms with Gasteiger partial charge in [-0.1, -0.05) is 63.2 Å². The topological polar surface area (TPSA) is 128 Å². The predicted octanol–water partition coefficient (Wildman–Crippen LogP) is 2.33. The van der Waals surface area contributed by atoms with E-state index in [1.54, 1.807) is 12.1 Å². The summed E-state index contributed by atoms with van der Waals surface area (Å²) in [6.07, 6.45) is -0.177. The lowest BCUT2D eigenvalue weighted by molar-refractivity contribution is -0.125. The van der Waals surface area contributed by atoms with Gasteiger partial charge in [-0.05, 0) is 35.1 Å². The Morgan fingerprint density at radius 2 is 1.61 bits per heavy atom. The lowest BCUT2D eigenvalue weighted by Crippen LogP contribution is -2.53. The number of alkyl carbamates (subject to hydrolysis) is 1. The van der Waals surface area contributed by atoms with Crippen molar-refractivity contribution in [3.63, 3.8) is 0 Å². The fourth-order valence-corrected chi connectivity index (χ4v) is 3.35. The minimum absolute atomic E-state index is 0.0336. The maximum absolute atomic E-state index is 12.7. The number of nitrogens with one attached hydrogen (secondary N) is 2. The summed E-state index contributed by atoms with van der Waals surface area (Å²) in [5.74, 6) is -0.328. The third-order valence-electron chi connectivity index (χ3n) is 4.57. The standard InChI is InChI=1S/C22H29N3O5S/c1-22(2,3)19(25-21(27)30-15-17-7-5-4-6-8-17)20(26)24-14-13-16-9-11-18(12-10-16)31(23,28)29/h4-12,19H,13-15H2,1-3H3,(H,24,26)(H,25,27)(H2,23,28,29)/t19-/m1/s1. The summed E-state index contributed by atoms with van der Waals surface area (Å²) in [6, 6.07) is 14.6. The molecule has 2 rings (SSSR count).